The monoisotopic (exact) mass is 267 g/mol. The van der Waals surface area contributed by atoms with E-state index >= 15 is 0 Å². The van der Waals surface area contributed by atoms with Gasteiger partial charge in [-0.25, -0.2) is 4.39 Å². The topological polar surface area (TPSA) is 29.9 Å². The van der Waals surface area contributed by atoms with Gasteiger partial charge in [0.25, 0.3) is 0 Å². The van der Waals surface area contributed by atoms with Crippen LogP contribution >= 0.6 is 11.6 Å². The molecule has 1 aromatic heterocycles. The minimum atomic E-state index is -0.333. The predicted octanol–water partition coefficient (Wildman–Crippen LogP) is 3.62. The Morgan fingerprint density at radius 1 is 1.39 bits per heavy atom. The number of benzene rings is 1. The molecule has 1 N–H and O–H groups in total. The number of aryl methyl sites for hydroxylation is 2. The second kappa shape index (κ2) is 5.40. The Morgan fingerprint density at radius 3 is 2.83 bits per heavy atom. The largest absolute Gasteiger partial charge is 0.378 e. The number of rotatable bonds is 4. The second-order valence-electron chi connectivity index (χ2n) is 4.07. The predicted molar refractivity (Wildman–Crippen MR) is 71.4 cm³/mol. The van der Waals surface area contributed by atoms with Crippen molar-refractivity contribution in [2.75, 3.05) is 5.32 Å². The summed E-state index contributed by atoms with van der Waals surface area (Å²) < 4.78 is 14.8. The first kappa shape index (κ1) is 12.9. The van der Waals surface area contributed by atoms with Crippen LogP contribution in [-0.4, -0.2) is 9.78 Å². The van der Waals surface area contributed by atoms with Gasteiger partial charge >= 0.3 is 0 Å². The van der Waals surface area contributed by atoms with Crippen LogP contribution in [0.3, 0.4) is 0 Å². The Hall–Kier alpha value is -1.55. The highest BCUT2D eigenvalue weighted by molar-refractivity contribution is 6.33. The summed E-state index contributed by atoms with van der Waals surface area (Å²) in [6.07, 6.45) is 0. The van der Waals surface area contributed by atoms with E-state index in [0.717, 1.165) is 23.6 Å². The third-order valence-electron chi connectivity index (χ3n) is 2.68. The first-order valence-corrected chi connectivity index (χ1v) is 6.20. The van der Waals surface area contributed by atoms with Crippen molar-refractivity contribution < 1.29 is 4.39 Å². The molecule has 0 fully saturated rings. The van der Waals surface area contributed by atoms with Crippen molar-refractivity contribution in [3.63, 3.8) is 0 Å². The molecule has 1 aromatic carbocycles. The van der Waals surface area contributed by atoms with Crippen molar-refractivity contribution in [3.05, 3.63) is 46.5 Å². The molecule has 0 bridgehead atoms. The lowest BCUT2D eigenvalue weighted by atomic mass is 10.3. The van der Waals surface area contributed by atoms with E-state index < -0.39 is 0 Å². The van der Waals surface area contributed by atoms with Gasteiger partial charge in [0.05, 0.1) is 28.6 Å². The summed E-state index contributed by atoms with van der Waals surface area (Å²) in [7, 11) is 0. The molecule has 0 aliphatic rings. The van der Waals surface area contributed by atoms with E-state index in [1.54, 1.807) is 6.07 Å². The molecule has 0 aliphatic heterocycles. The molecule has 0 saturated carbocycles. The van der Waals surface area contributed by atoms with Gasteiger partial charge in [0, 0.05) is 6.54 Å². The third-order valence-corrected chi connectivity index (χ3v) is 2.99. The molecule has 0 radical (unpaired) electrons. The fourth-order valence-electron chi connectivity index (χ4n) is 1.83. The van der Waals surface area contributed by atoms with E-state index in [-0.39, 0.29) is 5.82 Å². The molecule has 0 aliphatic carbocycles. The number of aromatic nitrogens is 2. The van der Waals surface area contributed by atoms with Crippen LogP contribution in [0, 0.1) is 12.7 Å². The Kier molecular flexibility index (Phi) is 3.87. The molecule has 0 spiro atoms. The van der Waals surface area contributed by atoms with Crippen molar-refractivity contribution in [2.45, 2.75) is 26.9 Å². The van der Waals surface area contributed by atoms with E-state index in [1.807, 2.05) is 24.6 Å². The maximum absolute atomic E-state index is 12.9. The number of nitrogens with one attached hydrogen (secondary N) is 1. The number of hydrogen-bond donors (Lipinski definition) is 1. The van der Waals surface area contributed by atoms with Crippen LogP contribution < -0.4 is 5.32 Å². The first-order valence-electron chi connectivity index (χ1n) is 5.82. The molecule has 18 heavy (non-hydrogen) atoms. The Bertz CT molecular complexity index is 551. The summed E-state index contributed by atoms with van der Waals surface area (Å²) >= 11 is 5.95. The van der Waals surface area contributed by atoms with Gasteiger partial charge < -0.3 is 5.32 Å². The van der Waals surface area contributed by atoms with Gasteiger partial charge in [-0.15, -0.1) is 0 Å². The average molecular weight is 268 g/mol. The molecule has 0 atom stereocenters. The quantitative estimate of drug-likeness (QED) is 0.917. The first-order chi connectivity index (χ1) is 8.60. The lowest BCUT2D eigenvalue weighted by Gasteiger charge is -2.09. The average Bonchev–Trinajstić information content (AvgIpc) is 2.68. The zero-order valence-electron chi connectivity index (χ0n) is 10.4. The Balaban J connectivity index is 2.11. The van der Waals surface area contributed by atoms with Gasteiger partial charge in [-0.05, 0) is 38.1 Å². The minimum absolute atomic E-state index is 0.333. The fraction of sp³-hybridized carbons (Fsp3) is 0.308. The van der Waals surface area contributed by atoms with Crippen LogP contribution in [0.4, 0.5) is 10.1 Å². The Labute approximate surface area is 111 Å². The molecule has 5 heteroatoms. The lowest BCUT2D eigenvalue weighted by Crippen LogP contribution is -2.08. The number of halogens is 2. The molecule has 0 unspecified atom stereocenters. The van der Waals surface area contributed by atoms with Crippen LogP contribution in [0.5, 0.6) is 0 Å². The second-order valence-corrected chi connectivity index (χ2v) is 4.48. The third kappa shape index (κ3) is 2.82. The summed E-state index contributed by atoms with van der Waals surface area (Å²) in [6, 6.07) is 6.34. The van der Waals surface area contributed by atoms with Gasteiger partial charge in [-0.1, -0.05) is 11.6 Å². The molecular formula is C13H15ClFN3. The van der Waals surface area contributed by atoms with E-state index in [1.165, 1.54) is 12.1 Å². The van der Waals surface area contributed by atoms with E-state index in [2.05, 4.69) is 10.4 Å². The normalized spacial score (nSPS) is 10.7. The smallest absolute Gasteiger partial charge is 0.124 e. The van der Waals surface area contributed by atoms with Crippen molar-refractivity contribution in [3.8, 4) is 0 Å². The highest BCUT2D eigenvalue weighted by atomic mass is 35.5. The standard InChI is InChI=1S/C13H15ClFN3/c1-3-18-11(6-9(2)17-18)8-16-13-5-4-10(15)7-12(13)14/h4-7,16H,3,8H2,1-2H3. The molecule has 1 heterocycles. The highest BCUT2D eigenvalue weighted by Gasteiger charge is 2.06. The summed E-state index contributed by atoms with van der Waals surface area (Å²) in [5, 5.41) is 7.93. The van der Waals surface area contributed by atoms with Crippen molar-refractivity contribution >= 4 is 17.3 Å². The van der Waals surface area contributed by atoms with E-state index in [9.17, 15) is 4.39 Å². The molecular weight excluding hydrogens is 253 g/mol. The highest BCUT2D eigenvalue weighted by Crippen LogP contribution is 2.23. The summed E-state index contributed by atoms with van der Waals surface area (Å²) in [5.41, 5.74) is 2.79. The van der Waals surface area contributed by atoms with Gasteiger partial charge in [0.15, 0.2) is 0 Å². The summed E-state index contributed by atoms with van der Waals surface area (Å²) in [6.45, 7) is 5.43. The van der Waals surface area contributed by atoms with Crippen LogP contribution in [0.1, 0.15) is 18.3 Å². The molecule has 2 aromatic rings. The molecule has 0 saturated heterocycles. The zero-order chi connectivity index (χ0) is 13.1. The van der Waals surface area contributed by atoms with Crippen molar-refractivity contribution in [1.82, 2.24) is 9.78 Å². The number of anilines is 1. The fourth-order valence-corrected chi connectivity index (χ4v) is 2.07. The maximum atomic E-state index is 12.9. The Morgan fingerprint density at radius 2 is 2.17 bits per heavy atom. The minimum Gasteiger partial charge on any atom is -0.378 e. The van der Waals surface area contributed by atoms with Crippen LogP contribution in [-0.2, 0) is 13.1 Å². The van der Waals surface area contributed by atoms with Gasteiger partial charge in [0.2, 0.25) is 0 Å². The maximum Gasteiger partial charge on any atom is 0.124 e. The molecule has 96 valence electrons. The van der Waals surface area contributed by atoms with Crippen molar-refractivity contribution in [1.29, 1.82) is 0 Å². The van der Waals surface area contributed by atoms with Crippen molar-refractivity contribution in [2.24, 2.45) is 0 Å². The van der Waals surface area contributed by atoms with Crippen LogP contribution in [0.2, 0.25) is 5.02 Å². The molecule has 2 rings (SSSR count). The van der Waals surface area contributed by atoms with E-state index in [0.29, 0.717) is 11.6 Å². The van der Waals surface area contributed by atoms with Crippen LogP contribution in [0.15, 0.2) is 24.3 Å². The van der Waals surface area contributed by atoms with Gasteiger partial charge in [-0.2, -0.15) is 5.10 Å². The lowest BCUT2D eigenvalue weighted by molar-refractivity contribution is 0.622. The van der Waals surface area contributed by atoms with Crippen LogP contribution in [0.25, 0.3) is 0 Å². The molecule has 3 nitrogen and oxygen atoms in total. The van der Waals surface area contributed by atoms with E-state index in [4.69, 9.17) is 11.6 Å². The number of nitrogens with zero attached hydrogens (tertiary/aromatic N) is 2. The number of hydrogen-bond acceptors (Lipinski definition) is 2. The van der Waals surface area contributed by atoms with Gasteiger partial charge in [-0.3, -0.25) is 4.68 Å². The summed E-state index contributed by atoms with van der Waals surface area (Å²) in [4.78, 5) is 0. The SMILES string of the molecule is CCn1nc(C)cc1CNc1ccc(F)cc1Cl. The van der Waals surface area contributed by atoms with Gasteiger partial charge in [0.1, 0.15) is 5.82 Å². The molecule has 0 amide bonds. The summed E-state index contributed by atoms with van der Waals surface area (Å²) in [5.74, 6) is -0.333. The zero-order valence-corrected chi connectivity index (χ0v) is 11.1.